The minimum Gasteiger partial charge on any atom is -0.349 e. The molecule has 0 saturated carbocycles. The van der Waals surface area contributed by atoms with Crippen molar-refractivity contribution in [2.45, 2.75) is 45.1 Å². The highest BCUT2D eigenvalue weighted by Gasteiger charge is 2.29. The van der Waals surface area contributed by atoms with E-state index in [-0.39, 0.29) is 39.7 Å². The number of aromatic amines is 1. The van der Waals surface area contributed by atoms with Crippen LogP contribution in [0.5, 0.6) is 0 Å². The quantitative estimate of drug-likeness (QED) is 0.336. The van der Waals surface area contributed by atoms with E-state index in [4.69, 9.17) is 11.6 Å². The van der Waals surface area contributed by atoms with Crippen molar-refractivity contribution in [3.05, 3.63) is 82.1 Å². The summed E-state index contributed by atoms with van der Waals surface area (Å²) in [7, 11) is 0. The first kappa shape index (κ1) is 27.5. The maximum absolute atomic E-state index is 13.3. The summed E-state index contributed by atoms with van der Waals surface area (Å²) >= 11 is 5.99. The summed E-state index contributed by atoms with van der Waals surface area (Å²) in [5, 5.41) is 5.73. The van der Waals surface area contributed by atoms with Crippen molar-refractivity contribution in [2.75, 3.05) is 25.0 Å². The smallest absolute Gasteiger partial charge is 0.276 e. The Morgan fingerprint density at radius 1 is 1.05 bits per heavy atom. The number of imidazole rings is 1. The Hall–Kier alpha value is -3.56. The first-order chi connectivity index (χ1) is 18.1. The average molecular weight is 540 g/mol. The highest BCUT2D eigenvalue weighted by atomic mass is 35.5. The standard InChI is InChI=1S/C28H31ClFN5O3/c1-28(2,35-12-4-3-5-13-35)16-31-26(37)24-25(33-17-32-24)27(38)34-20-9-6-18(7-10-20)14-23(36)21-11-8-19(30)15-22(21)29/h6-11,15,17H,3-5,12-14,16H2,1-2H3,(H,31,37)(H,32,33)(H,34,38). The largest absolute Gasteiger partial charge is 0.349 e. The van der Waals surface area contributed by atoms with E-state index in [2.05, 4.69) is 39.3 Å². The molecule has 3 aromatic rings. The predicted molar refractivity (Wildman–Crippen MR) is 144 cm³/mol. The van der Waals surface area contributed by atoms with E-state index < -0.39 is 17.6 Å². The molecule has 1 aliphatic rings. The number of anilines is 1. The Bertz CT molecular complexity index is 1320. The van der Waals surface area contributed by atoms with Crippen LogP contribution in [0.3, 0.4) is 0 Å². The number of nitrogens with one attached hydrogen (secondary N) is 3. The number of likely N-dealkylation sites (tertiary alicyclic amines) is 1. The maximum atomic E-state index is 13.3. The molecule has 2 aromatic carbocycles. The number of piperidine rings is 1. The Kier molecular flexibility index (Phi) is 8.58. The van der Waals surface area contributed by atoms with E-state index in [0.717, 1.165) is 32.0 Å². The van der Waals surface area contributed by atoms with Gasteiger partial charge in [-0.25, -0.2) is 9.37 Å². The minimum atomic E-state index is -0.534. The van der Waals surface area contributed by atoms with Crippen molar-refractivity contribution < 1.29 is 18.8 Å². The highest BCUT2D eigenvalue weighted by molar-refractivity contribution is 6.34. The van der Waals surface area contributed by atoms with Crippen LogP contribution in [0.2, 0.25) is 5.02 Å². The van der Waals surface area contributed by atoms with Crippen LogP contribution in [0.15, 0.2) is 48.8 Å². The third-order valence-corrected chi connectivity index (χ3v) is 7.10. The number of H-pyrrole nitrogens is 1. The molecule has 0 radical (unpaired) electrons. The topological polar surface area (TPSA) is 107 Å². The number of carbonyl (C=O) groups excluding carboxylic acids is 3. The molecule has 1 aromatic heterocycles. The van der Waals surface area contributed by atoms with Crippen molar-refractivity contribution in [2.24, 2.45) is 0 Å². The van der Waals surface area contributed by atoms with Crippen LogP contribution in [0.1, 0.15) is 70.0 Å². The Balaban J connectivity index is 1.34. The molecule has 0 aliphatic carbocycles. The summed E-state index contributed by atoms with van der Waals surface area (Å²) in [4.78, 5) is 47.5. The molecule has 4 rings (SSSR count). The average Bonchev–Trinajstić information content (AvgIpc) is 3.39. The maximum Gasteiger partial charge on any atom is 0.276 e. The van der Waals surface area contributed by atoms with E-state index in [9.17, 15) is 18.8 Å². The van der Waals surface area contributed by atoms with Gasteiger partial charge in [0.15, 0.2) is 11.5 Å². The lowest BCUT2D eigenvalue weighted by molar-refractivity contribution is 0.0792. The number of hydrogen-bond donors (Lipinski definition) is 3. The summed E-state index contributed by atoms with van der Waals surface area (Å²) in [5.74, 6) is -1.69. The molecule has 0 atom stereocenters. The second-order valence-corrected chi connectivity index (χ2v) is 10.5. The predicted octanol–water partition coefficient (Wildman–Crippen LogP) is 4.87. The molecule has 1 fully saturated rings. The Morgan fingerprint density at radius 3 is 2.45 bits per heavy atom. The van der Waals surface area contributed by atoms with Gasteiger partial charge in [-0.15, -0.1) is 0 Å². The number of rotatable bonds is 9. The molecule has 1 saturated heterocycles. The third-order valence-electron chi connectivity index (χ3n) is 6.78. The van der Waals surface area contributed by atoms with Gasteiger partial charge in [0.05, 0.1) is 11.3 Å². The van der Waals surface area contributed by atoms with Gasteiger partial charge in [-0.05, 0) is 75.7 Å². The Labute approximate surface area is 226 Å². The second kappa shape index (κ2) is 11.9. The molecular formula is C28H31ClFN5O3. The number of ketones is 1. The van der Waals surface area contributed by atoms with Gasteiger partial charge in [0.1, 0.15) is 11.5 Å². The number of nitrogens with zero attached hydrogens (tertiary/aromatic N) is 2. The summed E-state index contributed by atoms with van der Waals surface area (Å²) in [6, 6.07) is 10.4. The molecule has 38 heavy (non-hydrogen) atoms. The minimum absolute atomic E-state index is 0.0107. The van der Waals surface area contributed by atoms with Crippen molar-refractivity contribution >= 4 is 34.9 Å². The van der Waals surface area contributed by atoms with Crippen LogP contribution < -0.4 is 10.6 Å². The molecule has 8 nitrogen and oxygen atoms in total. The number of halogens is 2. The molecule has 0 spiro atoms. The van der Waals surface area contributed by atoms with E-state index in [1.54, 1.807) is 24.3 Å². The van der Waals surface area contributed by atoms with E-state index in [1.807, 2.05) is 0 Å². The normalized spacial score (nSPS) is 14.2. The fraction of sp³-hybridized carbons (Fsp3) is 0.357. The SMILES string of the molecule is CC(C)(CNC(=O)c1[nH]cnc1C(=O)Nc1ccc(CC(=O)c2ccc(F)cc2Cl)cc1)N1CCCCC1. The molecule has 0 bridgehead atoms. The zero-order valence-electron chi connectivity index (χ0n) is 21.4. The zero-order chi connectivity index (χ0) is 27.3. The number of carbonyl (C=O) groups is 3. The van der Waals surface area contributed by atoms with Gasteiger partial charge in [0, 0.05) is 29.8 Å². The zero-order valence-corrected chi connectivity index (χ0v) is 22.2. The number of hydrogen-bond acceptors (Lipinski definition) is 5. The molecule has 1 aliphatic heterocycles. The number of aromatic nitrogens is 2. The van der Waals surface area contributed by atoms with Crippen molar-refractivity contribution in [1.29, 1.82) is 0 Å². The van der Waals surface area contributed by atoms with E-state index in [0.29, 0.717) is 17.8 Å². The molecule has 3 N–H and O–H groups in total. The van der Waals surface area contributed by atoms with Crippen LogP contribution in [0, 0.1) is 5.82 Å². The molecule has 0 unspecified atom stereocenters. The van der Waals surface area contributed by atoms with Crippen molar-refractivity contribution in [3.8, 4) is 0 Å². The van der Waals surface area contributed by atoms with Gasteiger partial charge >= 0.3 is 0 Å². The molecular weight excluding hydrogens is 509 g/mol. The van der Waals surface area contributed by atoms with Crippen molar-refractivity contribution in [1.82, 2.24) is 20.2 Å². The lowest BCUT2D eigenvalue weighted by Crippen LogP contribution is -2.53. The lowest BCUT2D eigenvalue weighted by Gasteiger charge is -2.41. The van der Waals surface area contributed by atoms with Crippen molar-refractivity contribution in [3.63, 3.8) is 0 Å². The van der Waals surface area contributed by atoms with Crippen LogP contribution in [-0.2, 0) is 6.42 Å². The number of benzene rings is 2. The first-order valence-electron chi connectivity index (χ1n) is 12.6. The van der Waals surface area contributed by atoms with Gasteiger partial charge in [-0.1, -0.05) is 30.2 Å². The fourth-order valence-electron chi connectivity index (χ4n) is 4.53. The first-order valence-corrected chi connectivity index (χ1v) is 13.0. The molecule has 2 heterocycles. The Morgan fingerprint density at radius 2 is 1.76 bits per heavy atom. The van der Waals surface area contributed by atoms with Crippen LogP contribution >= 0.6 is 11.6 Å². The lowest BCUT2D eigenvalue weighted by atomic mass is 9.98. The number of Topliss-reactive ketones (excluding diaryl/α,β-unsaturated/α-hetero) is 1. The van der Waals surface area contributed by atoms with Gasteiger partial charge in [-0.3, -0.25) is 19.3 Å². The molecule has 2 amide bonds. The van der Waals surface area contributed by atoms with Gasteiger partial charge < -0.3 is 15.6 Å². The third kappa shape index (κ3) is 6.65. The summed E-state index contributed by atoms with van der Waals surface area (Å²) in [6.07, 6.45) is 4.92. The van der Waals surface area contributed by atoms with Crippen LogP contribution in [0.25, 0.3) is 0 Å². The van der Waals surface area contributed by atoms with E-state index >= 15 is 0 Å². The van der Waals surface area contributed by atoms with Crippen LogP contribution in [0.4, 0.5) is 10.1 Å². The second-order valence-electron chi connectivity index (χ2n) is 10.0. The molecule has 200 valence electrons. The summed E-state index contributed by atoms with van der Waals surface area (Å²) in [5.41, 5.74) is 1.30. The molecule has 10 heteroatoms. The fourth-order valence-corrected chi connectivity index (χ4v) is 4.80. The van der Waals surface area contributed by atoms with E-state index in [1.165, 1.54) is 24.9 Å². The monoisotopic (exact) mass is 539 g/mol. The highest BCUT2D eigenvalue weighted by Crippen LogP contribution is 2.21. The van der Waals surface area contributed by atoms with Gasteiger partial charge in [-0.2, -0.15) is 0 Å². The van der Waals surface area contributed by atoms with Gasteiger partial charge in [0.25, 0.3) is 11.8 Å². The summed E-state index contributed by atoms with van der Waals surface area (Å²) in [6.45, 7) is 6.66. The number of amides is 2. The van der Waals surface area contributed by atoms with Gasteiger partial charge in [0.2, 0.25) is 0 Å². The summed E-state index contributed by atoms with van der Waals surface area (Å²) < 4.78 is 13.3. The van der Waals surface area contributed by atoms with Crippen LogP contribution in [-0.4, -0.2) is 57.6 Å².